The van der Waals surface area contributed by atoms with Crippen molar-refractivity contribution in [2.45, 2.75) is 37.5 Å². The molecule has 0 saturated carbocycles. The van der Waals surface area contributed by atoms with Crippen LogP contribution in [0.15, 0.2) is 0 Å². The highest BCUT2D eigenvalue weighted by Crippen LogP contribution is 2.06. The van der Waals surface area contributed by atoms with E-state index in [2.05, 4.69) is 10.0 Å². The fourth-order valence-electron chi connectivity index (χ4n) is 1.51. The molecule has 0 aliphatic carbocycles. The molecule has 15 heavy (non-hydrogen) atoms. The zero-order valence-electron chi connectivity index (χ0n) is 8.86. The first kappa shape index (κ1) is 12.4. The van der Waals surface area contributed by atoms with Gasteiger partial charge in [-0.2, -0.15) is 5.26 Å². The van der Waals surface area contributed by atoms with E-state index < -0.39 is 15.3 Å². The molecule has 6 heteroatoms. The molecule has 1 aliphatic rings. The van der Waals surface area contributed by atoms with Gasteiger partial charge in [-0.3, -0.25) is 0 Å². The first-order chi connectivity index (χ1) is 7.06. The number of nitrogens with one attached hydrogen (secondary N) is 2. The molecule has 2 N–H and O–H groups in total. The standard InChI is InChI=1S/C9H17N3O2S/c1-8(6-10)15(13,14)12-7-9-4-2-3-5-11-9/h8-9,11-12H,2-5,7H2,1H3. The van der Waals surface area contributed by atoms with Crippen molar-refractivity contribution in [3.63, 3.8) is 0 Å². The summed E-state index contributed by atoms with van der Waals surface area (Å²) in [6, 6.07) is 1.93. The molecule has 0 aromatic heterocycles. The van der Waals surface area contributed by atoms with Crippen LogP contribution < -0.4 is 10.0 Å². The van der Waals surface area contributed by atoms with Gasteiger partial charge in [-0.05, 0) is 26.3 Å². The Morgan fingerprint density at radius 1 is 1.60 bits per heavy atom. The van der Waals surface area contributed by atoms with Crippen molar-refractivity contribution in [1.82, 2.24) is 10.0 Å². The number of hydrogen-bond acceptors (Lipinski definition) is 4. The fourth-order valence-corrected chi connectivity index (χ4v) is 2.33. The Morgan fingerprint density at radius 2 is 2.33 bits per heavy atom. The lowest BCUT2D eigenvalue weighted by atomic mass is 10.1. The summed E-state index contributed by atoms with van der Waals surface area (Å²) in [5.41, 5.74) is 0. The highest BCUT2D eigenvalue weighted by molar-refractivity contribution is 7.90. The fraction of sp³-hybridized carbons (Fsp3) is 0.889. The monoisotopic (exact) mass is 231 g/mol. The number of piperidine rings is 1. The molecule has 2 atom stereocenters. The van der Waals surface area contributed by atoms with Gasteiger partial charge in [-0.1, -0.05) is 6.42 Å². The molecule has 0 amide bonds. The Balaban J connectivity index is 2.39. The molecule has 1 saturated heterocycles. The summed E-state index contributed by atoms with van der Waals surface area (Å²) in [5, 5.41) is 10.8. The van der Waals surface area contributed by atoms with E-state index in [0.29, 0.717) is 6.54 Å². The molecule has 0 aromatic rings. The number of hydrogen-bond donors (Lipinski definition) is 2. The van der Waals surface area contributed by atoms with E-state index in [-0.39, 0.29) is 6.04 Å². The molecular weight excluding hydrogens is 214 g/mol. The second-order valence-corrected chi connectivity index (χ2v) is 5.90. The second-order valence-electron chi connectivity index (χ2n) is 3.81. The number of sulfonamides is 1. The van der Waals surface area contributed by atoms with Crippen molar-refractivity contribution < 1.29 is 8.42 Å². The summed E-state index contributed by atoms with van der Waals surface area (Å²) in [6.45, 7) is 2.71. The van der Waals surface area contributed by atoms with Crippen molar-refractivity contribution in [3.8, 4) is 6.07 Å². The van der Waals surface area contributed by atoms with Gasteiger partial charge in [0, 0.05) is 12.6 Å². The lowest BCUT2D eigenvalue weighted by Gasteiger charge is -2.23. The Labute approximate surface area is 90.9 Å². The van der Waals surface area contributed by atoms with Gasteiger partial charge in [-0.25, -0.2) is 13.1 Å². The van der Waals surface area contributed by atoms with Crippen molar-refractivity contribution >= 4 is 10.0 Å². The maximum absolute atomic E-state index is 11.4. The SMILES string of the molecule is CC(C#N)S(=O)(=O)NCC1CCCCN1. The zero-order chi connectivity index (χ0) is 11.3. The third kappa shape index (κ3) is 3.78. The van der Waals surface area contributed by atoms with Crippen LogP contribution in [0, 0.1) is 11.3 Å². The van der Waals surface area contributed by atoms with E-state index in [1.807, 2.05) is 0 Å². The van der Waals surface area contributed by atoms with Crippen LogP contribution in [0.5, 0.6) is 0 Å². The first-order valence-corrected chi connectivity index (χ1v) is 6.72. The van der Waals surface area contributed by atoms with Crippen molar-refractivity contribution in [2.75, 3.05) is 13.1 Å². The number of nitrogens with zero attached hydrogens (tertiary/aromatic N) is 1. The third-order valence-corrected chi connectivity index (χ3v) is 4.20. The van der Waals surface area contributed by atoms with Crippen LogP contribution >= 0.6 is 0 Å². The largest absolute Gasteiger partial charge is 0.313 e. The maximum atomic E-state index is 11.4. The van der Waals surface area contributed by atoms with E-state index in [4.69, 9.17) is 5.26 Å². The normalized spacial score (nSPS) is 24.4. The van der Waals surface area contributed by atoms with Gasteiger partial charge in [0.1, 0.15) is 0 Å². The summed E-state index contributed by atoms with van der Waals surface area (Å²) in [6.07, 6.45) is 3.27. The first-order valence-electron chi connectivity index (χ1n) is 5.18. The van der Waals surface area contributed by atoms with Crippen LogP contribution in [0.3, 0.4) is 0 Å². The zero-order valence-corrected chi connectivity index (χ0v) is 9.68. The van der Waals surface area contributed by atoms with E-state index in [1.165, 1.54) is 6.92 Å². The van der Waals surface area contributed by atoms with E-state index >= 15 is 0 Å². The Kier molecular flexibility index (Phi) is 4.51. The van der Waals surface area contributed by atoms with Crippen LogP contribution in [0.1, 0.15) is 26.2 Å². The van der Waals surface area contributed by atoms with Gasteiger partial charge in [0.05, 0.1) is 6.07 Å². The van der Waals surface area contributed by atoms with E-state index in [9.17, 15) is 8.42 Å². The molecule has 0 radical (unpaired) electrons. The molecule has 1 fully saturated rings. The van der Waals surface area contributed by atoms with E-state index in [0.717, 1.165) is 25.8 Å². The van der Waals surface area contributed by atoms with Gasteiger partial charge >= 0.3 is 0 Å². The highest BCUT2D eigenvalue weighted by atomic mass is 32.2. The molecule has 0 aromatic carbocycles. The van der Waals surface area contributed by atoms with Crippen molar-refractivity contribution in [1.29, 1.82) is 5.26 Å². The molecule has 1 rings (SSSR count). The lowest BCUT2D eigenvalue weighted by Crippen LogP contribution is -2.45. The smallest absolute Gasteiger partial charge is 0.227 e. The Bertz CT molecular complexity index is 328. The molecule has 86 valence electrons. The van der Waals surface area contributed by atoms with Crippen molar-refractivity contribution in [3.05, 3.63) is 0 Å². The lowest BCUT2D eigenvalue weighted by molar-refractivity contribution is 0.398. The van der Waals surface area contributed by atoms with Gasteiger partial charge in [0.2, 0.25) is 10.0 Å². The predicted molar refractivity (Wildman–Crippen MR) is 57.6 cm³/mol. The summed E-state index contributed by atoms with van der Waals surface area (Å²) in [7, 11) is -3.46. The second kappa shape index (κ2) is 5.45. The van der Waals surface area contributed by atoms with Crippen LogP contribution in [-0.2, 0) is 10.0 Å². The summed E-state index contributed by atoms with van der Waals surface area (Å²) >= 11 is 0. The van der Waals surface area contributed by atoms with Crippen LogP contribution in [-0.4, -0.2) is 32.8 Å². The topological polar surface area (TPSA) is 82.0 Å². The van der Waals surface area contributed by atoms with Crippen LogP contribution in [0.2, 0.25) is 0 Å². The van der Waals surface area contributed by atoms with Gasteiger partial charge < -0.3 is 5.32 Å². The Hall–Kier alpha value is -0.640. The average molecular weight is 231 g/mol. The molecular formula is C9H17N3O2S. The van der Waals surface area contributed by atoms with Crippen LogP contribution in [0.4, 0.5) is 0 Å². The molecule has 1 aliphatic heterocycles. The predicted octanol–water partition coefficient (Wildman–Crippen LogP) is -0.0400. The quantitative estimate of drug-likeness (QED) is 0.711. The minimum atomic E-state index is -3.46. The number of nitriles is 1. The van der Waals surface area contributed by atoms with E-state index in [1.54, 1.807) is 6.07 Å². The van der Waals surface area contributed by atoms with Crippen LogP contribution in [0.25, 0.3) is 0 Å². The van der Waals surface area contributed by atoms with Gasteiger partial charge in [0.25, 0.3) is 0 Å². The van der Waals surface area contributed by atoms with Gasteiger partial charge in [-0.15, -0.1) is 0 Å². The average Bonchev–Trinajstić information content (AvgIpc) is 2.27. The summed E-state index contributed by atoms with van der Waals surface area (Å²) in [4.78, 5) is 0. The molecule has 0 bridgehead atoms. The minimum absolute atomic E-state index is 0.208. The molecule has 0 spiro atoms. The summed E-state index contributed by atoms with van der Waals surface area (Å²) < 4.78 is 25.4. The maximum Gasteiger partial charge on any atom is 0.227 e. The molecule has 2 unspecified atom stereocenters. The Morgan fingerprint density at radius 3 is 2.87 bits per heavy atom. The minimum Gasteiger partial charge on any atom is -0.313 e. The van der Waals surface area contributed by atoms with Crippen molar-refractivity contribution in [2.24, 2.45) is 0 Å². The number of rotatable bonds is 4. The summed E-state index contributed by atoms with van der Waals surface area (Å²) in [5.74, 6) is 0. The van der Waals surface area contributed by atoms with Gasteiger partial charge in [0.15, 0.2) is 5.25 Å². The molecule has 5 nitrogen and oxygen atoms in total. The highest BCUT2D eigenvalue weighted by Gasteiger charge is 2.21. The molecule has 1 heterocycles. The third-order valence-electron chi connectivity index (χ3n) is 2.59.